The van der Waals surface area contributed by atoms with Crippen molar-refractivity contribution in [2.24, 2.45) is 0 Å². The molecule has 8 heteroatoms. The Morgan fingerprint density at radius 3 is 2.57 bits per heavy atom. The van der Waals surface area contributed by atoms with Gasteiger partial charge in [0.05, 0.1) is 21.9 Å². The number of aromatic nitrogens is 3. The molecule has 0 fully saturated rings. The van der Waals surface area contributed by atoms with Gasteiger partial charge in [0, 0.05) is 29.8 Å². The number of benzene rings is 2. The van der Waals surface area contributed by atoms with Gasteiger partial charge in [0.2, 0.25) is 0 Å². The van der Waals surface area contributed by atoms with Crippen molar-refractivity contribution >= 4 is 28.9 Å². The number of oxazole rings is 1. The zero-order valence-corrected chi connectivity index (χ0v) is 21.2. The van der Waals surface area contributed by atoms with Crippen molar-refractivity contribution in [2.45, 2.75) is 39.5 Å². The monoisotopic (exact) mass is 508 g/mol. The number of hydrogen-bond acceptors (Lipinski definition) is 5. The van der Waals surface area contributed by atoms with E-state index in [1.54, 1.807) is 24.4 Å². The average molecular weight is 509 g/mol. The van der Waals surface area contributed by atoms with Crippen molar-refractivity contribution in [1.82, 2.24) is 14.8 Å². The number of rotatable bonds is 6. The SMILES string of the molecule is CCCCN1CCCc2c(-c3cc(C)cc(-c4cnco4)c3)nn(-c3c(Cl)cccc3Cl)c(=O)c21. The fraction of sp³-hybridized carbons (Fsp3) is 0.296. The number of anilines is 1. The highest BCUT2D eigenvalue weighted by Gasteiger charge is 2.28. The molecular weight excluding hydrogens is 483 g/mol. The topological polar surface area (TPSA) is 64.2 Å². The molecule has 0 N–H and O–H groups in total. The van der Waals surface area contributed by atoms with Crippen molar-refractivity contribution in [3.63, 3.8) is 0 Å². The van der Waals surface area contributed by atoms with Gasteiger partial charge < -0.3 is 9.32 Å². The van der Waals surface area contributed by atoms with Gasteiger partial charge >= 0.3 is 0 Å². The van der Waals surface area contributed by atoms with Crippen LogP contribution in [-0.4, -0.2) is 27.9 Å². The number of fused-ring (bicyclic) bond motifs is 1. The van der Waals surface area contributed by atoms with Gasteiger partial charge in [-0.25, -0.2) is 4.98 Å². The van der Waals surface area contributed by atoms with Crippen LogP contribution in [0, 0.1) is 6.92 Å². The van der Waals surface area contributed by atoms with Gasteiger partial charge in [0.15, 0.2) is 12.2 Å². The molecule has 2 aromatic heterocycles. The lowest BCUT2D eigenvalue weighted by Crippen LogP contribution is -2.39. The molecule has 1 aliphatic rings. The molecule has 0 radical (unpaired) electrons. The molecule has 180 valence electrons. The zero-order chi connectivity index (χ0) is 24.5. The first-order valence-electron chi connectivity index (χ1n) is 11.8. The van der Waals surface area contributed by atoms with Gasteiger partial charge in [-0.2, -0.15) is 9.78 Å². The Bertz CT molecular complexity index is 1410. The summed E-state index contributed by atoms with van der Waals surface area (Å²) in [6.07, 6.45) is 6.90. The van der Waals surface area contributed by atoms with E-state index in [9.17, 15) is 4.79 Å². The maximum absolute atomic E-state index is 13.9. The summed E-state index contributed by atoms with van der Waals surface area (Å²) in [6.45, 7) is 5.83. The van der Waals surface area contributed by atoms with Gasteiger partial charge in [-0.05, 0) is 62.1 Å². The largest absolute Gasteiger partial charge is 0.444 e. The second-order valence-corrected chi connectivity index (χ2v) is 9.67. The maximum atomic E-state index is 13.9. The Labute approximate surface area is 214 Å². The Kier molecular flexibility index (Phi) is 6.67. The van der Waals surface area contributed by atoms with E-state index in [0.29, 0.717) is 27.2 Å². The first-order valence-corrected chi connectivity index (χ1v) is 12.6. The highest BCUT2D eigenvalue weighted by Crippen LogP contribution is 2.36. The summed E-state index contributed by atoms with van der Waals surface area (Å²) in [6, 6.07) is 11.4. The second-order valence-electron chi connectivity index (χ2n) is 8.86. The lowest BCUT2D eigenvalue weighted by Gasteiger charge is -2.32. The molecule has 0 amide bonds. The first kappa shape index (κ1) is 23.6. The van der Waals surface area contributed by atoms with Gasteiger partial charge in [0.1, 0.15) is 11.4 Å². The number of nitrogens with zero attached hydrogens (tertiary/aromatic N) is 4. The third-order valence-electron chi connectivity index (χ3n) is 6.34. The molecule has 0 saturated carbocycles. The molecule has 1 aliphatic heterocycles. The smallest absolute Gasteiger partial charge is 0.295 e. The Morgan fingerprint density at radius 1 is 1.09 bits per heavy atom. The molecule has 3 heterocycles. The predicted octanol–water partition coefficient (Wildman–Crippen LogP) is 6.72. The van der Waals surface area contributed by atoms with Crippen LogP contribution < -0.4 is 10.5 Å². The van der Waals surface area contributed by atoms with Crippen LogP contribution in [0.5, 0.6) is 0 Å². The minimum Gasteiger partial charge on any atom is -0.444 e. The maximum Gasteiger partial charge on any atom is 0.295 e. The molecule has 0 aliphatic carbocycles. The lowest BCUT2D eigenvalue weighted by molar-refractivity contribution is 0.572. The van der Waals surface area contributed by atoms with Crippen molar-refractivity contribution in [3.05, 3.63) is 80.5 Å². The zero-order valence-electron chi connectivity index (χ0n) is 19.7. The number of halogens is 2. The Hall–Kier alpha value is -3.09. The fourth-order valence-electron chi connectivity index (χ4n) is 4.74. The molecule has 0 bridgehead atoms. The van der Waals surface area contributed by atoms with E-state index < -0.39 is 0 Å². The molecule has 0 unspecified atom stereocenters. The molecular formula is C27H26Cl2N4O2. The third-order valence-corrected chi connectivity index (χ3v) is 6.95. The molecule has 4 aromatic rings. The lowest BCUT2D eigenvalue weighted by atomic mass is 9.94. The van der Waals surface area contributed by atoms with Gasteiger partial charge in [0.25, 0.3) is 5.56 Å². The average Bonchev–Trinajstić information content (AvgIpc) is 3.38. The van der Waals surface area contributed by atoms with E-state index in [0.717, 1.165) is 66.7 Å². The van der Waals surface area contributed by atoms with Crippen LogP contribution in [0.25, 0.3) is 28.3 Å². The molecule has 0 saturated heterocycles. The standard InChI is InChI=1S/C27H26Cl2N4O2/c1-3-4-10-32-11-6-7-20-24(19-13-17(2)12-18(14-19)23-15-30-16-35-23)31-33(27(34)25(20)32)26-21(28)8-5-9-22(26)29/h5,8-9,12-16H,3-4,6-7,10-11H2,1-2H3. The summed E-state index contributed by atoms with van der Waals surface area (Å²) >= 11 is 13.1. The number of hydrogen-bond donors (Lipinski definition) is 0. The van der Waals surface area contributed by atoms with Crippen LogP contribution in [0.15, 0.2) is 58.2 Å². The minimum atomic E-state index is -0.197. The van der Waals surface area contributed by atoms with Gasteiger partial charge in [-0.1, -0.05) is 42.6 Å². The highest BCUT2D eigenvalue weighted by molar-refractivity contribution is 6.37. The fourth-order valence-corrected chi connectivity index (χ4v) is 5.29. The second kappa shape index (κ2) is 9.88. The molecule has 6 nitrogen and oxygen atoms in total. The first-order chi connectivity index (χ1) is 17.0. The van der Waals surface area contributed by atoms with E-state index in [4.69, 9.17) is 32.7 Å². The van der Waals surface area contributed by atoms with E-state index in [-0.39, 0.29) is 5.56 Å². The van der Waals surface area contributed by atoms with Crippen LogP contribution >= 0.6 is 23.2 Å². The summed E-state index contributed by atoms with van der Waals surface area (Å²) in [5, 5.41) is 5.64. The van der Waals surface area contributed by atoms with Crippen molar-refractivity contribution in [1.29, 1.82) is 0 Å². The van der Waals surface area contributed by atoms with Crippen LogP contribution in [0.3, 0.4) is 0 Å². The van der Waals surface area contributed by atoms with Crippen LogP contribution in [0.2, 0.25) is 10.0 Å². The summed E-state index contributed by atoms with van der Waals surface area (Å²) in [5.41, 5.74) is 5.46. The van der Waals surface area contributed by atoms with Gasteiger partial charge in [-0.15, -0.1) is 0 Å². The van der Waals surface area contributed by atoms with Crippen LogP contribution in [-0.2, 0) is 6.42 Å². The number of aryl methyl sites for hydroxylation is 1. The van der Waals surface area contributed by atoms with E-state index in [2.05, 4.69) is 22.9 Å². The third kappa shape index (κ3) is 4.48. The van der Waals surface area contributed by atoms with Gasteiger partial charge in [-0.3, -0.25) is 4.79 Å². The summed E-state index contributed by atoms with van der Waals surface area (Å²) in [4.78, 5) is 20.2. The predicted molar refractivity (Wildman–Crippen MR) is 141 cm³/mol. The Morgan fingerprint density at radius 2 is 1.86 bits per heavy atom. The van der Waals surface area contributed by atoms with E-state index >= 15 is 0 Å². The summed E-state index contributed by atoms with van der Waals surface area (Å²) in [7, 11) is 0. The Balaban J connectivity index is 1.80. The van der Waals surface area contributed by atoms with Crippen molar-refractivity contribution < 1.29 is 4.42 Å². The molecule has 0 atom stereocenters. The van der Waals surface area contributed by atoms with Crippen LogP contribution in [0.1, 0.15) is 37.3 Å². The quantitative estimate of drug-likeness (QED) is 0.289. The number of unbranched alkanes of at least 4 members (excludes halogenated alkanes) is 1. The van der Waals surface area contributed by atoms with Crippen molar-refractivity contribution in [3.8, 4) is 28.3 Å². The normalized spacial score (nSPS) is 13.2. The van der Waals surface area contributed by atoms with E-state index in [1.807, 2.05) is 19.1 Å². The molecule has 2 aromatic carbocycles. The molecule has 5 rings (SSSR count). The van der Waals surface area contributed by atoms with Crippen molar-refractivity contribution in [2.75, 3.05) is 18.0 Å². The summed E-state index contributed by atoms with van der Waals surface area (Å²) in [5.74, 6) is 0.677. The highest BCUT2D eigenvalue weighted by atomic mass is 35.5. The molecule has 35 heavy (non-hydrogen) atoms. The van der Waals surface area contributed by atoms with E-state index in [1.165, 1.54) is 11.1 Å². The summed E-state index contributed by atoms with van der Waals surface area (Å²) < 4.78 is 6.93. The molecule has 0 spiro atoms. The van der Waals surface area contributed by atoms with Crippen LogP contribution in [0.4, 0.5) is 5.69 Å². The number of para-hydroxylation sites is 1. The minimum absolute atomic E-state index is 0.197.